The van der Waals surface area contributed by atoms with Gasteiger partial charge in [0.15, 0.2) is 12.7 Å². The van der Waals surface area contributed by atoms with Crippen LogP contribution in [-0.4, -0.2) is 24.6 Å². The summed E-state index contributed by atoms with van der Waals surface area (Å²) in [5.74, 6) is -0.666. The maximum Gasteiger partial charge on any atom is 0.344 e. The Labute approximate surface area is 180 Å². The summed E-state index contributed by atoms with van der Waals surface area (Å²) in [5.41, 5.74) is 2.71. The average molecular weight is 415 g/mol. The molecule has 0 aromatic heterocycles. The Morgan fingerprint density at radius 3 is 2.32 bits per heavy atom. The highest BCUT2D eigenvalue weighted by Crippen LogP contribution is 2.20. The minimum Gasteiger partial charge on any atom is -0.482 e. The molecule has 0 unspecified atom stereocenters. The van der Waals surface area contributed by atoms with E-state index in [1.165, 1.54) is 13.0 Å². The number of carbonyl (C=O) groups is 2. The summed E-state index contributed by atoms with van der Waals surface area (Å²) in [6.07, 6.45) is -1.01. The van der Waals surface area contributed by atoms with Crippen molar-refractivity contribution in [2.45, 2.75) is 13.0 Å². The number of hydrogen-bond donors (Lipinski definition) is 2. The third-order valence-electron chi connectivity index (χ3n) is 4.21. The van der Waals surface area contributed by atoms with Crippen molar-refractivity contribution >= 4 is 28.9 Å². The van der Waals surface area contributed by atoms with Crippen LogP contribution in [0.3, 0.4) is 0 Å². The second-order valence-corrected chi connectivity index (χ2v) is 6.62. The molecule has 0 aliphatic heterocycles. The Kier molecular flexibility index (Phi) is 7.22. The van der Waals surface area contributed by atoms with Crippen molar-refractivity contribution in [2.75, 3.05) is 17.2 Å². The number of esters is 1. The molecule has 1 amide bonds. The van der Waals surface area contributed by atoms with E-state index in [2.05, 4.69) is 10.6 Å². The van der Waals surface area contributed by atoms with E-state index in [1.54, 1.807) is 30.3 Å². The summed E-state index contributed by atoms with van der Waals surface area (Å²) in [7, 11) is 0. The van der Waals surface area contributed by atoms with E-state index < -0.39 is 18.0 Å². The van der Waals surface area contributed by atoms with Gasteiger partial charge in [-0.05, 0) is 61.5 Å². The van der Waals surface area contributed by atoms with Crippen LogP contribution in [0.25, 0.3) is 0 Å². The quantitative estimate of drug-likeness (QED) is 0.534. The van der Waals surface area contributed by atoms with Gasteiger partial charge in [-0.2, -0.15) is 5.26 Å². The van der Waals surface area contributed by atoms with Crippen molar-refractivity contribution < 1.29 is 19.1 Å². The molecule has 0 heterocycles. The predicted octanol–water partition coefficient (Wildman–Crippen LogP) is 4.25. The first-order valence-corrected chi connectivity index (χ1v) is 9.59. The number of nitriles is 1. The number of nitrogens with one attached hydrogen (secondary N) is 2. The smallest absolute Gasteiger partial charge is 0.344 e. The van der Waals surface area contributed by atoms with Crippen molar-refractivity contribution in [3.63, 3.8) is 0 Å². The zero-order chi connectivity index (χ0) is 22.1. The third kappa shape index (κ3) is 6.61. The first kappa shape index (κ1) is 21.4. The summed E-state index contributed by atoms with van der Waals surface area (Å²) >= 11 is 0. The number of anilines is 3. The monoisotopic (exact) mass is 415 g/mol. The standard InChI is InChI=1S/C24H21N3O4/c1-17(24(29)27-21-9-5-6-18(14-21)15-25)31-23(28)16-30-22-12-10-20(11-13-22)26-19-7-3-2-4-8-19/h2-14,17,26H,16H2,1H3,(H,27,29)/t17-/m0/s1. The van der Waals surface area contributed by atoms with E-state index in [4.69, 9.17) is 14.7 Å². The Morgan fingerprint density at radius 1 is 0.935 bits per heavy atom. The topological polar surface area (TPSA) is 100 Å². The molecule has 31 heavy (non-hydrogen) atoms. The van der Waals surface area contributed by atoms with E-state index in [9.17, 15) is 9.59 Å². The number of carbonyl (C=O) groups excluding carboxylic acids is 2. The molecule has 0 saturated carbocycles. The molecule has 0 aliphatic carbocycles. The molecule has 0 bridgehead atoms. The van der Waals surface area contributed by atoms with Crippen molar-refractivity contribution in [3.05, 3.63) is 84.4 Å². The van der Waals surface area contributed by atoms with Gasteiger partial charge in [-0.25, -0.2) is 4.79 Å². The number of amides is 1. The lowest BCUT2D eigenvalue weighted by molar-refractivity contribution is -0.155. The minimum atomic E-state index is -1.01. The fourth-order valence-electron chi connectivity index (χ4n) is 2.66. The number of hydrogen-bond acceptors (Lipinski definition) is 6. The molecule has 1 atom stereocenters. The lowest BCUT2D eigenvalue weighted by atomic mass is 10.2. The maximum atomic E-state index is 12.2. The van der Waals surface area contributed by atoms with Gasteiger partial charge in [0.1, 0.15) is 5.75 Å². The zero-order valence-electron chi connectivity index (χ0n) is 16.9. The molecule has 7 nitrogen and oxygen atoms in total. The SMILES string of the molecule is C[C@H](OC(=O)COc1ccc(Nc2ccccc2)cc1)C(=O)Nc1cccc(C#N)c1. The Morgan fingerprint density at radius 2 is 1.61 bits per heavy atom. The molecule has 0 aliphatic rings. The molecular formula is C24H21N3O4. The average Bonchev–Trinajstić information content (AvgIpc) is 2.79. The summed E-state index contributed by atoms with van der Waals surface area (Å²) < 4.78 is 10.5. The Balaban J connectivity index is 1.44. The molecule has 7 heteroatoms. The van der Waals surface area contributed by atoms with Crippen LogP contribution in [0.15, 0.2) is 78.9 Å². The highest BCUT2D eigenvalue weighted by atomic mass is 16.6. The molecule has 0 spiro atoms. The van der Waals surface area contributed by atoms with Gasteiger partial charge >= 0.3 is 5.97 Å². The first-order chi connectivity index (χ1) is 15.0. The second-order valence-electron chi connectivity index (χ2n) is 6.62. The molecule has 3 aromatic rings. The van der Waals surface area contributed by atoms with Gasteiger partial charge in [0.2, 0.25) is 0 Å². The normalized spacial score (nSPS) is 11.0. The second kappa shape index (κ2) is 10.5. The number of rotatable bonds is 8. The van der Waals surface area contributed by atoms with Gasteiger partial charge in [0, 0.05) is 17.1 Å². The van der Waals surface area contributed by atoms with Crippen LogP contribution in [0.2, 0.25) is 0 Å². The van der Waals surface area contributed by atoms with Crippen LogP contribution < -0.4 is 15.4 Å². The van der Waals surface area contributed by atoms with Crippen molar-refractivity contribution in [2.24, 2.45) is 0 Å². The highest BCUT2D eigenvalue weighted by Gasteiger charge is 2.18. The number of nitrogens with zero attached hydrogens (tertiary/aromatic N) is 1. The summed E-state index contributed by atoms with van der Waals surface area (Å²) in [5, 5.41) is 14.8. The highest BCUT2D eigenvalue weighted by molar-refractivity contribution is 5.95. The molecule has 156 valence electrons. The molecule has 0 fully saturated rings. The van der Waals surface area contributed by atoms with Crippen LogP contribution in [-0.2, 0) is 14.3 Å². The molecule has 3 rings (SSSR count). The fraction of sp³-hybridized carbons (Fsp3) is 0.125. The number of benzene rings is 3. The van der Waals surface area contributed by atoms with Gasteiger partial charge in [-0.15, -0.1) is 0 Å². The van der Waals surface area contributed by atoms with Crippen molar-refractivity contribution in [3.8, 4) is 11.8 Å². The van der Waals surface area contributed by atoms with Crippen molar-refractivity contribution in [1.82, 2.24) is 0 Å². The number of ether oxygens (including phenoxy) is 2. The Hall–Kier alpha value is -4.31. The molecule has 2 N–H and O–H groups in total. The van der Waals surface area contributed by atoms with Gasteiger partial charge < -0.3 is 20.1 Å². The third-order valence-corrected chi connectivity index (χ3v) is 4.21. The van der Waals surface area contributed by atoms with Gasteiger partial charge in [-0.3, -0.25) is 4.79 Å². The summed E-state index contributed by atoms with van der Waals surface area (Å²) in [4.78, 5) is 24.2. The minimum absolute atomic E-state index is 0.326. The summed E-state index contributed by atoms with van der Waals surface area (Å²) in [6.45, 7) is 1.14. The lowest BCUT2D eigenvalue weighted by Crippen LogP contribution is -2.31. The zero-order valence-corrected chi connectivity index (χ0v) is 16.9. The molecular weight excluding hydrogens is 394 g/mol. The van der Waals surface area contributed by atoms with E-state index in [0.29, 0.717) is 17.0 Å². The molecule has 3 aromatic carbocycles. The van der Waals surface area contributed by atoms with Gasteiger partial charge in [0.05, 0.1) is 11.6 Å². The Bertz CT molecular complexity index is 1080. The van der Waals surface area contributed by atoms with Gasteiger partial charge in [0.25, 0.3) is 5.91 Å². The maximum absolute atomic E-state index is 12.2. The first-order valence-electron chi connectivity index (χ1n) is 9.59. The van der Waals surface area contributed by atoms with E-state index in [0.717, 1.165) is 11.4 Å². The predicted molar refractivity (Wildman–Crippen MR) is 117 cm³/mol. The number of para-hydroxylation sites is 1. The van der Waals surface area contributed by atoms with Crippen LogP contribution in [0.4, 0.5) is 17.1 Å². The molecule has 0 radical (unpaired) electrons. The van der Waals surface area contributed by atoms with E-state index in [-0.39, 0.29) is 6.61 Å². The van der Waals surface area contributed by atoms with Gasteiger partial charge in [-0.1, -0.05) is 24.3 Å². The van der Waals surface area contributed by atoms with Crippen LogP contribution in [0.5, 0.6) is 5.75 Å². The molecule has 0 saturated heterocycles. The van der Waals surface area contributed by atoms with Crippen molar-refractivity contribution in [1.29, 1.82) is 5.26 Å². The largest absolute Gasteiger partial charge is 0.482 e. The lowest BCUT2D eigenvalue weighted by Gasteiger charge is -2.14. The van der Waals surface area contributed by atoms with E-state index in [1.807, 2.05) is 48.5 Å². The van der Waals surface area contributed by atoms with Crippen LogP contribution in [0, 0.1) is 11.3 Å². The van der Waals surface area contributed by atoms with Crippen LogP contribution >= 0.6 is 0 Å². The summed E-state index contributed by atoms with van der Waals surface area (Å²) in [6, 6.07) is 25.3. The fourth-order valence-corrected chi connectivity index (χ4v) is 2.66. The van der Waals surface area contributed by atoms with E-state index >= 15 is 0 Å². The van der Waals surface area contributed by atoms with Crippen LogP contribution in [0.1, 0.15) is 12.5 Å².